The molecule has 1 aliphatic heterocycles. The first-order chi connectivity index (χ1) is 11.6. The van der Waals surface area contributed by atoms with E-state index in [0.717, 1.165) is 25.7 Å². The SMILES string of the molecule is O=C(NCC1COC2(CCCCC2)O1)C(=O)Nc1ccccc1F. The molecule has 6 nitrogen and oxygen atoms in total. The summed E-state index contributed by atoms with van der Waals surface area (Å²) in [4.78, 5) is 23.6. The molecule has 1 atom stereocenters. The van der Waals surface area contributed by atoms with Gasteiger partial charge in [0.1, 0.15) is 11.9 Å². The number of para-hydroxylation sites is 1. The average molecular weight is 336 g/mol. The topological polar surface area (TPSA) is 76.7 Å². The third kappa shape index (κ3) is 3.91. The molecule has 1 heterocycles. The predicted octanol–water partition coefficient (Wildman–Crippen LogP) is 1.96. The molecule has 1 saturated carbocycles. The van der Waals surface area contributed by atoms with Gasteiger partial charge in [0, 0.05) is 19.4 Å². The standard InChI is InChI=1S/C17H21FN2O4/c18-13-6-2-3-7-14(13)20-16(22)15(21)19-10-12-11-23-17(24-12)8-4-1-5-9-17/h2-3,6-7,12H,1,4-5,8-11H2,(H,19,21)(H,20,22). The van der Waals surface area contributed by atoms with Gasteiger partial charge >= 0.3 is 11.8 Å². The molecule has 1 aromatic carbocycles. The zero-order valence-electron chi connectivity index (χ0n) is 13.3. The van der Waals surface area contributed by atoms with E-state index in [4.69, 9.17) is 9.47 Å². The highest BCUT2D eigenvalue weighted by Gasteiger charge is 2.42. The van der Waals surface area contributed by atoms with Gasteiger partial charge in [-0.25, -0.2) is 4.39 Å². The van der Waals surface area contributed by atoms with Crippen molar-refractivity contribution in [3.63, 3.8) is 0 Å². The fourth-order valence-electron chi connectivity index (χ4n) is 3.10. The Balaban J connectivity index is 1.46. The van der Waals surface area contributed by atoms with Gasteiger partial charge in [0.05, 0.1) is 12.3 Å². The first-order valence-electron chi connectivity index (χ1n) is 8.23. The van der Waals surface area contributed by atoms with Gasteiger partial charge in [0.2, 0.25) is 0 Å². The highest BCUT2D eigenvalue weighted by atomic mass is 19.1. The fourth-order valence-corrected chi connectivity index (χ4v) is 3.10. The van der Waals surface area contributed by atoms with Crippen molar-refractivity contribution < 1.29 is 23.5 Å². The van der Waals surface area contributed by atoms with E-state index in [2.05, 4.69) is 10.6 Å². The second-order valence-corrected chi connectivity index (χ2v) is 6.17. The molecule has 1 unspecified atom stereocenters. The van der Waals surface area contributed by atoms with Crippen molar-refractivity contribution in [2.75, 3.05) is 18.5 Å². The van der Waals surface area contributed by atoms with E-state index < -0.39 is 23.4 Å². The summed E-state index contributed by atoms with van der Waals surface area (Å²) >= 11 is 0. The maximum absolute atomic E-state index is 13.5. The highest BCUT2D eigenvalue weighted by Crippen LogP contribution is 2.37. The van der Waals surface area contributed by atoms with Gasteiger partial charge in [0.25, 0.3) is 0 Å². The van der Waals surface area contributed by atoms with Crippen LogP contribution in [0.3, 0.4) is 0 Å². The van der Waals surface area contributed by atoms with E-state index in [1.165, 1.54) is 24.6 Å². The molecule has 1 aromatic rings. The molecule has 1 aliphatic carbocycles. The zero-order valence-corrected chi connectivity index (χ0v) is 13.3. The summed E-state index contributed by atoms with van der Waals surface area (Å²) in [5.41, 5.74) is -0.0285. The van der Waals surface area contributed by atoms with E-state index in [9.17, 15) is 14.0 Å². The minimum atomic E-state index is -0.911. The van der Waals surface area contributed by atoms with Crippen LogP contribution in [0.4, 0.5) is 10.1 Å². The highest BCUT2D eigenvalue weighted by molar-refractivity contribution is 6.39. The number of carbonyl (C=O) groups is 2. The number of hydrogen-bond donors (Lipinski definition) is 2. The van der Waals surface area contributed by atoms with Crippen molar-refractivity contribution in [2.45, 2.75) is 44.0 Å². The molecule has 7 heteroatoms. The number of anilines is 1. The molecule has 130 valence electrons. The molecule has 2 aliphatic rings. The van der Waals surface area contributed by atoms with Crippen molar-refractivity contribution in [2.24, 2.45) is 0 Å². The summed E-state index contributed by atoms with van der Waals surface area (Å²) in [6.45, 7) is 0.584. The summed E-state index contributed by atoms with van der Waals surface area (Å²) < 4.78 is 25.2. The lowest BCUT2D eigenvalue weighted by atomic mass is 9.94. The van der Waals surface area contributed by atoms with Crippen LogP contribution in [0, 0.1) is 5.82 Å². The Labute approximate surface area is 139 Å². The van der Waals surface area contributed by atoms with Crippen LogP contribution in [0.15, 0.2) is 24.3 Å². The molecule has 24 heavy (non-hydrogen) atoms. The summed E-state index contributed by atoms with van der Waals surface area (Å²) in [5, 5.41) is 4.75. The number of ether oxygens (including phenoxy) is 2. The molecule has 2 N–H and O–H groups in total. The first kappa shape index (κ1) is 16.9. The molecular formula is C17H21FN2O4. The average Bonchev–Trinajstić information content (AvgIpc) is 2.98. The quantitative estimate of drug-likeness (QED) is 0.827. The van der Waals surface area contributed by atoms with Gasteiger partial charge in [-0.05, 0) is 25.0 Å². The van der Waals surface area contributed by atoms with Crippen LogP contribution in [0.25, 0.3) is 0 Å². The van der Waals surface area contributed by atoms with Gasteiger partial charge in [-0.2, -0.15) is 0 Å². The van der Waals surface area contributed by atoms with Crippen molar-refractivity contribution in [3.8, 4) is 0 Å². The molecule has 0 radical (unpaired) electrons. The van der Waals surface area contributed by atoms with Crippen LogP contribution in [0.2, 0.25) is 0 Å². The summed E-state index contributed by atoms with van der Waals surface area (Å²) in [7, 11) is 0. The number of hydrogen-bond acceptors (Lipinski definition) is 4. The van der Waals surface area contributed by atoms with Crippen molar-refractivity contribution >= 4 is 17.5 Å². The molecule has 2 amide bonds. The number of benzene rings is 1. The maximum atomic E-state index is 13.5. The molecule has 3 rings (SSSR count). The molecule has 1 saturated heterocycles. The largest absolute Gasteiger partial charge is 0.347 e. The molecular weight excluding hydrogens is 315 g/mol. The lowest BCUT2D eigenvalue weighted by Gasteiger charge is -2.31. The summed E-state index contributed by atoms with van der Waals surface area (Å²) in [6, 6.07) is 5.68. The monoisotopic (exact) mass is 336 g/mol. The minimum Gasteiger partial charge on any atom is -0.347 e. The van der Waals surface area contributed by atoms with Crippen LogP contribution in [0.1, 0.15) is 32.1 Å². The van der Waals surface area contributed by atoms with E-state index in [0.29, 0.717) is 6.61 Å². The van der Waals surface area contributed by atoms with Crippen LogP contribution < -0.4 is 10.6 Å². The van der Waals surface area contributed by atoms with Gasteiger partial charge in [-0.1, -0.05) is 18.6 Å². The summed E-state index contributed by atoms with van der Waals surface area (Å²) in [5.74, 6) is -2.84. The number of halogens is 1. The normalized spacial score (nSPS) is 22.3. The maximum Gasteiger partial charge on any atom is 0.313 e. The number of nitrogens with one attached hydrogen (secondary N) is 2. The van der Waals surface area contributed by atoms with Crippen LogP contribution >= 0.6 is 0 Å². The zero-order chi connectivity index (χ0) is 17.0. The second kappa shape index (κ2) is 7.27. The summed E-state index contributed by atoms with van der Waals surface area (Å²) in [6.07, 6.45) is 4.80. The molecule has 0 aromatic heterocycles. The van der Waals surface area contributed by atoms with E-state index in [-0.39, 0.29) is 18.3 Å². The Kier molecular flexibility index (Phi) is 5.11. The Bertz CT molecular complexity index is 616. The van der Waals surface area contributed by atoms with Gasteiger partial charge in [-0.15, -0.1) is 0 Å². The fraction of sp³-hybridized carbons (Fsp3) is 0.529. The Morgan fingerprint density at radius 3 is 2.67 bits per heavy atom. The van der Waals surface area contributed by atoms with E-state index in [1.54, 1.807) is 6.07 Å². The van der Waals surface area contributed by atoms with Gasteiger partial charge in [-0.3, -0.25) is 9.59 Å². The molecule has 0 bridgehead atoms. The number of amides is 2. The molecule has 1 spiro atoms. The smallest absolute Gasteiger partial charge is 0.313 e. The third-order valence-electron chi connectivity index (χ3n) is 4.35. The van der Waals surface area contributed by atoms with Gasteiger partial charge < -0.3 is 20.1 Å². The first-order valence-corrected chi connectivity index (χ1v) is 8.23. The van der Waals surface area contributed by atoms with Crippen molar-refractivity contribution in [1.29, 1.82) is 0 Å². The number of carbonyl (C=O) groups excluding carboxylic acids is 2. The Morgan fingerprint density at radius 2 is 1.92 bits per heavy atom. The van der Waals surface area contributed by atoms with Gasteiger partial charge in [0.15, 0.2) is 5.79 Å². The van der Waals surface area contributed by atoms with Crippen LogP contribution in [-0.4, -0.2) is 36.9 Å². The lowest BCUT2D eigenvalue weighted by molar-refractivity contribution is -0.186. The number of rotatable bonds is 3. The Morgan fingerprint density at radius 1 is 1.17 bits per heavy atom. The third-order valence-corrected chi connectivity index (χ3v) is 4.35. The van der Waals surface area contributed by atoms with Crippen LogP contribution in [0.5, 0.6) is 0 Å². The van der Waals surface area contributed by atoms with Crippen LogP contribution in [-0.2, 0) is 19.1 Å². The van der Waals surface area contributed by atoms with E-state index >= 15 is 0 Å². The second-order valence-electron chi connectivity index (χ2n) is 6.17. The van der Waals surface area contributed by atoms with E-state index in [1.807, 2.05) is 0 Å². The molecule has 2 fully saturated rings. The van der Waals surface area contributed by atoms with Crippen molar-refractivity contribution in [1.82, 2.24) is 5.32 Å². The lowest BCUT2D eigenvalue weighted by Crippen LogP contribution is -2.41. The Hall–Kier alpha value is -1.99. The predicted molar refractivity (Wildman–Crippen MR) is 84.7 cm³/mol. The van der Waals surface area contributed by atoms with Crippen molar-refractivity contribution in [3.05, 3.63) is 30.1 Å². The minimum absolute atomic E-state index is 0.0285.